The quantitative estimate of drug-likeness (QED) is 0.307. The first kappa shape index (κ1) is 21.8. The molecule has 1 unspecified atom stereocenters. The van der Waals surface area contributed by atoms with Crippen LogP contribution in [0.15, 0.2) is 65.9 Å². The number of aryl methyl sites for hydroxylation is 1. The van der Waals surface area contributed by atoms with Gasteiger partial charge in [0.05, 0.1) is 10.0 Å². The molecule has 1 aliphatic carbocycles. The van der Waals surface area contributed by atoms with E-state index in [1.807, 2.05) is 18.2 Å². The van der Waals surface area contributed by atoms with Gasteiger partial charge in [-0.1, -0.05) is 61.3 Å². The molecule has 4 aromatic rings. The maximum atomic E-state index is 13.6. The predicted molar refractivity (Wildman–Crippen MR) is 142 cm³/mol. The van der Waals surface area contributed by atoms with E-state index >= 15 is 0 Å². The minimum atomic E-state index is -0.183. The summed E-state index contributed by atoms with van der Waals surface area (Å²) in [7, 11) is 0. The Morgan fingerprint density at radius 3 is 2.53 bits per heavy atom. The number of carbonyl (C=O) groups is 1. The number of anilines is 1. The first-order valence-electron chi connectivity index (χ1n) is 11.8. The highest BCUT2D eigenvalue weighted by Gasteiger charge is 2.41. The number of fused-ring (bicyclic) bond motifs is 4. The molecule has 0 radical (unpaired) electrons. The van der Waals surface area contributed by atoms with Crippen LogP contribution >= 0.6 is 23.2 Å². The fourth-order valence-corrected chi connectivity index (χ4v) is 6.24. The van der Waals surface area contributed by atoms with E-state index in [0.717, 1.165) is 41.1 Å². The second-order valence-electron chi connectivity index (χ2n) is 10.3. The van der Waals surface area contributed by atoms with Crippen LogP contribution in [0.1, 0.15) is 50.7 Å². The van der Waals surface area contributed by atoms with Gasteiger partial charge in [0.2, 0.25) is 0 Å². The number of para-hydroxylation sites is 1. The Balaban J connectivity index is 1.67. The second-order valence-corrected chi connectivity index (χ2v) is 11.1. The highest BCUT2D eigenvalue weighted by Crippen LogP contribution is 2.51. The summed E-state index contributed by atoms with van der Waals surface area (Å²) in [4.78, 5) is 13.6. The SMILES string of the molecule is CCn1c2ccccc2c2cc3c(cc21)C(c1ccc(Cl)c(Cl)c1)C1=C(CC(C)(C)CC1=O)N3. The van der Waals surface area contributed by atoms with Crippen LogP contribution in [-0.4, -0.2) is 10.4 Å². The Kier molecular flexibility index (Phi) is 4.88. The molecule has 1 atom stereocenters. The number of hydrogen-bond acceptors (Lipinski definition) is 2. The molecule has 0 saturated carbocycles. The van der Waals surface area contributed by atoms with Gasteiger partial charge in [0.1, 0.15) is 0 Å². The Hall–Kier alpha value is -2.75. The lowest BCUT2D eigenvalue weighted by Gasteiger charge is -2.39. The minimum absolute atomic E-state index is 0.0784. The molecule has 5 heteroatoms. The molecule has 1 aromatic heterocycles. The molecule has 3 aromatic carbocycles. The first-order valence-corrected chi connectivity index (χ1v) is 12.6. The van der Waals surface area contributed by atoms with Crippen LogP contribution in [-0.2, 0) is 11.3 Å². The van der Waals surface area contributed by atoms with Gasteiger partial charge in [-0.25, -0.2) is 0 Å². The number of allylic oxidation sites excluding steroid dienone is 2. The number of nitrogens with zero attached hydrogens (tertiary/aromatic N) is 1. The summed E-state index contributed by atoms with van der Waals surface area (Å²) in [5, 5.41) is 7.18. The number of halogens is 2. The number of carbonyl (C=O) groups excluding carboxylic acids is 1. The molecule has 172 valence electrons. The zero-order chi connectivity index (χ0) is 23.8. The number of ketones is 1. The first-order chi connectivity index (χ1) is 16.3. The van der Waals surface area contributed by atoms with Gasteiger partial charge in [-0.05, 0) is 60.2 Å². The summed E-state index contributed by atoms with van der Waals surface area (Å²) < 4.78 is 2.35. The van der Waals surface area contributed by atoms with Crippen LogP contribution in [0, 0.1) is 5.41 Å². The molecule has 0 fully saturated rings. The lowest BCUT2D eigenvalue weighted by molar-refractivity contribution is -0.118. The number of Topliss-reactive ketones (excluding diaryl/α,β-unsaturated/α-hetero) is 1. The zero-order valence-corrected chi connectivity index (χ0v) is 21.0. The van der Waals surface area contributed by atoms with Gasteiger partial charge in [0.25, 0.3) is 0 Å². The fourth-order valence-electron chi connectivity index (χ4n) is 5.94. The van der Waals surface area contributed by atoms with Gasteiger partial charge in [0, 0.05) is 57.6 Å². The Morgan fingerprint density at radius 2 is 1.76 bits per heavy atom. The van der Waals surface area contributed by atoms with Crippen molar-refractivity contribution in [3.05, 3.63) is 87.0 Å². The number of hydrogen-bond donors (Lipinski definition) is 1. The molecular weight excluding hydrogens is 463 g/mol. The normalized spacial score (nSPS) is 19.3. The lowest BCUT2D eigenvalue weighted by Crippen LogP contribution is -2.33. The van der Waals surface area contributed by atoms with Gasteiger partial charge in [-0.2, -0.15) is 0 Å². The fraction of sp³-hybridized carbons (Fsp3) is 0.276. The number of rotatable bonds is 2. The highest BCUT2D eigenvalue weighted by atomic mass is 35.5. The highest BCUT2D eigenvalue weighted by molar-refractivity contribution is 6.42. The summed E-state index contributed by atoms with van der Waals surface area (Å²) in [5.74, 6) is 0.0222. The molecule has 34 heavy (non-hydrogen) atoms. The molecule has 3 nitrogen and oxygen atoms in total. The Morgan fingerprint density at radius 1 is 0.971 bits per heavy atom. The molecule has 6 rings (SSSR count). The number of aromatic nitrogens is 1. The Bertz CT molecular complexity index is 1540. The van der Waals surface area contributed by atoms with E-state index in [0.29, 0.717) is 16.5 Å². The molecule has 1 aliphatic heterocycles. The third-order valence-electron chi connectivity index (χ3n) is 7.34. The van der Waals surface area contributed by atoms with Crippen LogP contribution in [0.25, 0.3) is 21.8 Å². The van der Waals surface area contributed by atoms with E-state index in [4.69, 9.17) is 23.2 Å². The number of nitrogens with one attached hydrogen (secondary N) is 1. The summed E-state index contributed by atoms with van der Waals surface area (Å²) in [6.45, 7) is 7.37. The van der Waals surface area contributed by atoms with Gasteiger partial charge < -0.3 is 9.88 Å². The molecular formula is C29H26Cl2N2O. The van der Waals surface area contributed by atoms with E-state index < -0.39 is 0 Å². The van der Waals surface area contributed by atoms with Crippen LogP contribution in [0.4, 0.5) is 5.69 Å². The standard InChI is InChI=1S/C29H26Cl2N2O/c1-4-33-24-8-6-5-7-17(24)18-12-22-19(13-25(18)33)27(16-9-10-20(30)21(31)11-16)28-23(32-22)14-29(2,3)15-26(28)34/h5-13,27,32H,4,14-15H2,1-3H3. The van der Waals surface area contributed by atoms with Gasteiger partial charge >= 0.3 is 0 Å². The van der Waals surface area contributed by atoms with Gasteiger partial charge in [0.15, 0.2) is 5.78 Å². The van der Waals surface area contributed by atoms with E-state index in [1.165, 1.54) is 21.8 Å². The molecule has 2 aliphatic rings. The van der Waals surface area contributed by atoms with E-state index in [-0.39, 0.29) is 17.1 Å². The molecule has 2 heterocycles. The van der Waals surface area contributed by atoms with Crippen LogP contribution < -0.4 is 5.32 Å². The third kappa shape index (κ3) is 3.21. The minimum Gasteiger partial charge on any atom is -0.358 e. The monoisotopic (exact) mass is 488 g/mol. The van der Waals surface area contributed by atoms with E-state index in [2.05, 4.69) is 67.1 Å². The summed E-state index contributed by atoms with van der Waals surface area (Å²) in [6.07, 6.45) is 1.37. The van der Waals surface area contributed by atoms with Gasteiger partial charge in [-0.15, -0.1) is 0 Å². The van der Waals surface area contributed by atoms with Crippen molar-refractivity contribution in [3.63, 3.8) is 0 Å². The van der Waals surface area contributed by atoms with Crippen LogP contribution in [0.2, 0.25) is 10.0 Å². The predicted octanol–water partition coefficient (Wildman–Crippen LogP) is 8.32. The Labute approximate surface area is 209 Å². The lowest BCUT2D eigenvalue weighted by atomic mass is 9.68. The number of benzene rings is 3. The van der Waals surface area contributed by atoms with E-state index in [1.54, 1.807) is 0 Å². The molecule has 0 bridgehead atoms. The molecule has 1 N–H and O–H groups in total. The largest absolute Gasteiger partial charge is 0.358 e. The van der Waals surface area contributed by atoms with Gasteiger partial charge in [-0.3, -0.25) is 4.79 Å². The zero-order valence-electron chi connectivity index (χ0n) is 19.5. The topological polar surface area (TPSA) is 34.0 Å². The summed E-state index contributed by atoms with van der Waals surface area (Å²) >= 11 is 12.7. The van der Waals surface area contributed by atoms with Crippen molar-refractivity contribution in [2.75, 3.05) is 5.32 Å². The molecule has 0 spiro atoms. The van der Waals surface area contributed by atoms with Crippen molar-refractivity contribution in [2.24, 2.45) is 5.41 Å². The maximum Gasteiger partial charge on any atom is 0.162 e. The maximum absolute atomic E-state index is 13.6. The van der Waals surface area contributed by atoms with Crippen molar-refractivity contribution in [2.45, 2.75) is 46.1 Å². The average molecular weight is 489 g/mol. The van der Waals surface area contributed by atoms with Crippen molar-refractivity contribution in [3.8, 4) is 0 Å². The van der Waals surface area contributed by atoms with Crippen molar-refractivity contribution < 1.29 is 4.79 Å². The summed E-state index contributed by atoms with van der Waals surface area (Å²) in [5.41, 5.74) is 7.39. The third-order valence-corrected chi connectivity index (χ3v) is 8.08. The van der Waals surface area contributed by atoms with Crippen molar-refractivity contribution in [1.82, 2.24) is 4.57 Å². The smallest absolute Gasteiger partial charge is 0.162 e. The van der Waals surface area contributed by atoms with Crippen LogP contribution in [0.5, 0.6) is 0 Å². The average Bonchev–Trinajstić information content (AvgIpc) is 3.10. The summed E-state index contributed by atoms with van der Waals surface area (Å²) in [6, 6.07) is 18.8. The second kappa shape index (κ2) is 7.63. The molecule has 0 amide bonds. The van der Waals surface area contributed by atoms with Crippen molar-refractivity contribution in [1.29, 1.82) is 0 Å². The van der Waals surface area contributed by atoms with Crippen molar-refractivity contribution >= 4 is 56.5 Å². The van der Waals surface area contributed by atoms with E-state index in [9.17, 15) is 4.79 Å². The molecule has 0 saturated heterocycles. The van der Waals surface area contributed by atoms with Crippen LogP contribution in [0.3, 0.4) is 0 Å².